The molecule has 0 bridgehead atoms. The Bertz CT molecular complexity index is 731. The molecule has 0 unspecified atom stereocenters. The zero-order chi connectivity index (χ0) is 15.1. The van der Waals surface area contributed by atoms with Gasteiger partial charge in [-0.1, -0.05) is 0 Å². The quantitative estimate of drug-likeness (QED) is 0.711. The van der Waals surface area contributed by atoms with E-state index in [9.17, 15) is 19.4 Å². The molecule has 112 valence electrons. The lowest BCUT2D eigenvalue weighted by Crippen LogP contribution is -2.35. The summed E-state index contributed by atoms with van der Waals surface area (Å²) in [7, 11) is 0. The maximum atomic E-state index is 13.1. The fraction of sp³-hybridized carbons (Fsp3) is 0.357. The van der Waals surface area contributed by atoms with Gasteiger partial charge in [-0.15, -0.1) is 0 Å². The van der Waals surface area contributed by atoms with E-state index >= 15 is 0 Å². The van der Waals surface area contributed by atoms with E-state index in [0.717, 1.165) is 4.57 Å². The van der Waals surface area contributed by atoms with Crippen molar-refractivity contribution in [1.29, 1.82) is 0 Å². The highest BCUT2D eigenvalue weighted by Gasteiger charge is 2.43. The lowest BCUT2D eigenvalue weighted by Gasteiger charge is -2.18. The highest BCUT2D eigenvalue weighted by atomic mass is 19.1. The average Bonchev–Trinajstić information content (AvgIpc) is 2.75. The Hall–Kier alpha value is -1.80. The highest BCUT2D eigenvalue weighted by Crippen LogP contribution is 2.28. The first-order valence-corrected chi connectivity index (χ1v) is 6.46. The van der Waals surface area contributed by atoms with Gasteiger partial charge in [0, 0.05) is 11.6 Å². The van der Waals surface area contributed by atoms with Gasteiger partial charge in [0.05, 0.1) is 6.61 Å². The van der Waals surface area contributed by atoms with Gasteiger partial charge in [0.25, 0.3) is 5.56 Å². The number of ether oxygens (including phenoxy) is 1. The molecule has 4 atom stereocenters. The second-order valence-corrected chi connectivity index (χ2v) is 4.99. The summed E-state index contributed by atoms with van der Waals surface area (Å²) in [6.45, 7) is -0.470. The first-order valence-electron chi connectivity index (χ1n) is 6.46. The number of hydrogen-bond acceptors (Lipinski definition) is 5. The van der Waals surface area contributed by atoms with Crippen LogP contribution in [0.5, 0.6) is 0 Å². The van der Waals surface area contributed by atoms with Crippen molar-refractivity contribution in [2.75, 3.05) is 6.61 Å². The van der Waals surface area contributed by atoms with Gasteiger partial charge in [0.15, 0.2) is 6.23 Å². The lowest BCUT2D eigenvalue weighted by molar-refractivity contribution is -0.0541. The predicted octanol–water partition coefficient (Wildman–Crippen LogP) is -0.248. The number of halogens is 1. The number of hydrogen-bond donors (Lipinski definition) is 3. The molecule has 3 rings (SSSR count). The van der Waals surface area contributed by atoms with Crippen molar-refractivity contribution in [2.24, 2.45) is 0 Å². The van der Waals surface area contributed by atoms with Crippen molar-refractivity contribution >= 4 is 10.8 Å². The molecule has 0 spiro atoms. The van der Waals surface area contributed by atoms with Crippen LogP contribution in [0.15, 0.2) is 35.3 Å². The molecular weight excluding hydrogens is 281 g/mol. The van der Waals surface area contributed by atoms with Crippen LogP contribution in [-0.4, -0.2) is 44.8 Å². The Morgan fingerprint density at radius 3 is 2.67 bits per heavy atom. The van der Waals surface area contributed by atoms with E-state index in [2.05, 4.69) is 0 Å². The van der Waals surface area contributed by atoms with Gasteiger partial charge in [-0.05, 0) is 29.7 Å². The third-order valence-corrected chi connectivity index (χ3v) is 3.68. The Morgan fingerprint density at radius 2 is 2.00 bits per heavy atom. The van der Waals surface area contributed by atoms with Gasteiger partial charge in [-0.3, -0.25) is 9.36 Å². The molecule has 2 heterocycles. The molecule has 0 amide bonds. The molecular formula is C14H14FNO5. The van der Waals surface area contributed by atoms with Crippen LogP contribution >= 0.6 is 0 Å². The van der Waals surface area contributed by atoms with Crippen molar-refractivity contribution < 1.29 is 24.4 Å². The number of benzene rings is 1. The minimum Gasteiger partial charge on any atom is -0.394 e. The molecule has 1 saturated heterocycles. The minimum absolute atomic E-state index is 0.275. The average molecular weight is 295 g/mol. The van der Waals surface area contributed by atoms with Gasteiger partial charge in [-0.2, -0.15) is 0 Å². The number of aliphatic hydroxyl groups is 3. The highest BCUT2D eigenvalue weighted by molar-refractivity contribution is 5.81. The standard InChI is InChI=1S/C14H14FNO5/c15-8-1-2-9-7(5-8)3-4-16(13(9)20)14-12(19)11(18)10(6-17)21-14/h1-5,10-12,14,17-19H,6H2/t10-,11-,12-,14-/m1/s1. The SMILES string of the molecule is O=c1c2ccc(F)cc2ccn1[C@@H]1O[C@H](CO)[C@@H](O)[C@H]1O. The molecule has 0 aliphatic carbocycles. The molecule has 1 aromatic heterocycles. The van der Waals surface area contributed by atoms with Gasteiger partial charge in [-0.25, -0.2) is 4.39 Å². The number of aliphatic hydroxyl groups excluding tert-OH is 3. The molecule has 1 fully saturated rings. The molecule has 6 nitrogen and oxygen atoms in total. The van der Waals surface area contributed by atoms with E-state index in [4.69, 9.17) is 9.84 Å². The largest absolute Gasteiger partial charge is 0.394 e. The molecule has 2 aromatic rings. The molecule has 0 radical (unpaired) electrons. The minimum atomic E-state index is -1.34. The summed E-state index contributed by atoms with van der Waals surface area (Å²) in [5.74, 6) is -0.451. The number of aromatic nitrogens is 1. The Labute approximate surface area is 118 Å². The summed E-state index contributed by atoms with van der Waals surface area (Å²) >= 11 is 0. The smallest absolute Gasteiger partial charge is 0.260 e. The summed E-state index contributed by atoms with van der Waals surface area (Å²) in [5.41, 5.74) is -0.470. The first-order chi connectivity index (χ1) is 10.0. The third-order valence-electron chi connectivity index (χ3n) is 3.68. The Morgan fingerprint density at radius 1 is 1.24 bits per heavy atom. The Balaban J connectivity index is 2.08. The van der Waals surface area contributed by atoms with E-state index in [1.165, 1.54) is 30.5 Å². The van der Waals surface area contributed by atoms with Crippen molar-refractivity contribution in [2.45, 2.75) is 24.5 Å². The van der Waals surface area contributed by atoms with Crippen LogP contribution in [0.4, 0.5) is 4.39 Å². The maximum absolute atomic E-state index is 13.1. The van der Waals surface area contributed by atoms with E-state index in [0.29, 0.717) is 5.39 Å². The lowest BCUT2D eigenvalue weighted by atomic mass is 10.1. The normalized spacial score (nSPS) is 29.1. The van der Waals surface area contributed by atoms with Crippen LogP contribution in [0.1, 0.15) is 6.23 Å². The van der Waals surface area contributed by atoms with Crippen LogP contribution < -0.4 is 5.56 Å². The monoisotopic (exact) mass is 295 g/mol. The summed E-state index contributed by atoms with van der Waals surface area (Å²) in [4.78, 5) is 12.4. The van der Waals surface area contributed by atoms with Crippen molar-refractivity contribution in [3.05, 3.63) is 46.6 Å². The molecule has 1 aromatic carbocycles. The zero-order valence-corrected chi connectivity index (χ0v) is 10.9. The van der Waals surface area contributed by atoms with E-state index in [-0.39, 0.29) is 5.39 Å². The molecule has 0 saturated carbocycles. The van der Waals surface area contributed by atoms with Crippen LogP contribution in [0.2, 0.25) is 0 Å². The summed E-state index contributed by atoms with van der Waals surface area (Å²) in [5, 5.41) is 29.5. The second-order valence-electron chi connectivity index (χ2n) is 4.99. The number of nitrogens with zero attached hydrogens (tertiary/aromatic N) is 1. The van der Waals surface area contributed by atoms with Crippen molar-refractivity contribution in [3.63, 3.8) is 0 Å². The van der Waals surface area contributed by atoms with Gasteiger partial charge < -0.3 is 20.1 Å². The predicted molar refractivity (Wildman–Crippen MR) is 71.2 cm³/mol. The summed E-state index contributed by atoms with van der Waals surface area (Å²) in [6, 6.07) is 5.28. The van der Waals surface area contributed by atoms with Crippen molar-refractivity contribution in [3.8, 4) is 0 Å². The molecule has 21 heavy (non-hydrogen) atoms. The van der Waals surface area contributed by atoms with E-state index in [1.807, 2.05) is 0 Å². The summed E-state index contributed by atoms with van der Waals surface area (Å²) in [6.07, 6.45) is -3.31. The van der Waals surface area contributed by atoms with Crippen LogP contribution in [-0.2, 0) is 4.74 Å². The van der Waals surface area contributed by atoms with Gasteiger partial charge in [0.2, 0.25) is 0 Å². The van der Waals surface area contributed by atoms with E-state index < -0.39 is 42.5 Å². The molecule has 7 heteroatoms. The van der Waals surface area contributed by atoms with E-state index in [1.54, 1.807) is 0 Å². The number of rotatable bonds is 2. The maximum Gasteiger partial charge on any atom is 0.260 e. The number of fused-ring (bicyclic) bond motifs is 1. The molecule has 3 N–H and O–H groups in total. The van der Waals surface area contributed by atoms with Crippen molar-refractivity contribution in [1.82, 2.24) is 4.57 Å². The van der Waals surface area contributed by atoms with Crippen LogP contribution in [0.3, 0.4) is 0 Å². The fourth-order valence-electron chi connectivity index (χ4n) is 2.54. The summed E-state index contributed by atoms with van der Waals surface area (Å²) < 4.78 is 19.6. The number of pyridine rings is 1. The van der Waals surface area contributed by atoms with Gasteiger partial charge in [0.1, 0.15) is 24.1 Å². The Kier molecular flexibility index (Phi) is 3.50. The first kappa shape index (κ1) is 14.2. The van der Waals surface area contributed by atoms with Crippen LogP contribution in [0.25, 0.3) is 10.8 Å². The fourth-order valence-corrected chi connectivity index (χ4v) is 2.54. The molecule has 1 aliphatic rings. The van der Waals surface area contributed by atoms with Gasteiger partial charge >= 0.3 is 0 Å². The second kappa shape index (κ2) is 5.19. The third kappa shape index (κ3) is 2.24. The molecule has 1 aliphatic heterocycles. The van der Waals surface area contributed by atoms with Crippen LogP contribution in [0, 0.1) is 5.82 Å². The zero-order valence-electron chi connectivity index (χ0n) is 10.9. The topological polar surface area (TPSA) is 91.9 Å².